The summed E-state index contributed by atoms with van der Waals surface area (Å²) in [5, 5.41) is 3.34. The van der Waals surface area contributed by atoms with E-state index in [9.17, 15) is 9.18 Å². The van der Waals surface area contributed by atoms with Gasteiger partial charge < -0.3 is 20.7 Å². The molecule has 158 valence electrons. The van der Waals surface area contributed by atoms with Crippen LogP contribution in [0, 0.1) is 11.7 Å². The van der Waals surface area contributed by atoms with Gasteiger partial charge in [-0.3, -0.25) is 9.79 Å². The van der Waals surface area contributed by atoms with Crippen LogP contribution in [-0.4, -0.2) is 49.6 Å². The number of benzene rings is 1. The first-order valence-corrected chi connectivity index (χ1v) is 9.78. The Labute approximate surface area is 184 Å². The number of primary amides is 1. The first-order chi connectivity index (χ1) is 13.1. The summed E-state index contributed by atoms with van der Waals surface area (Å²) < 4.78 is 18.4. The van der Waals surface area contributed by atoms with Crippen LogP contribution in [0.2, 0.25) is 0 Å². The molecule has 1 aromatic carbocycles. The summed E-state index contributed by atoms with van der Waals surface area (Å²) in [4.78, 5) is 18.1. The molecule has 8 heteroatoms. The molecule has 2 rings (SSSR count). The van der Waals surface area contributed by atoms with Gasteiger partial charge in [-0.25, -0.2) is 4.39 Å². The Morgan fingerprint density at radius 1 is 1.36 bits per heavy atom. The highest BCUT2D eigenvalue weighted by molar-refractivity contribution is 14.0. The predicted octanol–water partition coefficient (Wildman–Crippen LogP) is 3.16. The average Bonchev–Trinajstić information content (AvgIpc) is 2.65. The summed E-state index contributed by atoms with van der Waals surface area (Å²) in [7, 11) is 0. The van der Waals surface area contributed by atoms with Gasteiger partial charge in [0.15, 0.2) is 5.96 Å². The lowest BCUT2D eigenvalue weighted by Crippen LogP contribution is -2.47. The quantitative estimate of drug-likeness (QED) is 0.234. The van der Waals surface area contributed by atoms with Crippen LogP contribution in [0.25, 0.3) is 0 Å². The number of amides is 1. The smallest absolute Gasteiger partial charge is 0.217 e. The standard InChI is InChI=1S/C20H31FN4O2.HI/c1-2-23-20(25-12-5-6-16(15-25)14-19(22)26)24-11-3-4-13-27-18-9-7-17(21)8-10-18;/h7-10,16H,2-6,11-15H2,1H3,(H2,22,26)(H,23,24);1H. The number of piperidine rings is 1. The molecule has 0 spiro atoms. The fourth-order valence-corrected chi connectivity index (χ4v) is 3.25. The average molecular weight is 506 g/mol. The highest BCUT2D eigenvalue weighted by atomic mass is 127. The van der Waals surface area contributed by atoms with Gasteiger partial charge >= 0.3 is 0 Å². The van der Waals surface area contributed by atoms with E-state index in [4.69, 9.17) is 15.5 Å². The Morgan fingerprint density at radius 2 is 2.11 bits per heavy atom. The number of likely N-dealkylation sites (tertiary alicyclic amines) is 1. The first-order valence-electron chi connectivity index (χ1n) is 9.78. The van der Waals surface area contributed by atoms with Gasteiger partial charge in [-0.2, -0.15) is 0 Å². The fraction of sp³-hybridized carbons (Fsp3) is 0.600. The number of unbranched alkanes of at least 4 members (excludes halogenated alkanes) is 1. The van der Waals surface area contributed by atoms with E-state index >= 15 is 0 Å². The molecule has 1 aliphatic rings. The number of hydrogen-bond donors (Lipinski definition) is 2. The molecule has 0 aromatic heterocycles. The molecule has 28 heavy (non-hydrogen) atoms. The third-order valence-electron chi connectivity index (χ3n) is 4.54. The van der Waals surface area contributed by atoms with E-state index in [1.165, 1.54) is 12.1 Å². The molecule has 1 atom stereocenters. The molecule has 0 radical (unpaired) electrons. The SMILES string of the molecule is CCNC(=NCCCCOc1ccc(F)cc1)N1CCCC(CC(N)=O)C1.I. The Bertz CT molecular complexity index is 613. The molecule has 0 saturated carbocycles. The van der Waals surface area contributed by atoms with Crippen molar-refractivity contribution in [2.75, 3.05) is 32.8 Å². The first kappa shape index (κ1) is 24.5. The van der Waals surface area contributed by atoms with E-state index in [2.05, 4.69) is 17.1 Å². The van der Waals surface area contributed by atoms with Gasteiger partial charge in [0.25, 0.3) is 0 Å². The molecule has 0 aliphatic carbocycles. The molecule has 3 N–H and O–H groups in total. The number of halogens is 2. The third kappa shape index (κ3) is 9.07. The van der Waals surface area contributed by atoms with Crippen molar-refractivity contribution in [3.8, 4) is 5.75 Å². The molecule has 1 fully saturated rings. The largest absolute Gasteiger partial charge is 0.494 e. The maximum Gasteiger partial charge on any atom is 0.217 e. The van der Waals surface area contributed by atoms with Gasteiger partial charge in [0.1, 0.15) is 11.6 Å². The molecule has 1 aromatic rings. The number of nitrogens with two attached hydrogens (primary N) is 1. The van der Waals surface area contributed by atoms with Crippen LogP contribution in [0.3, 0.4) is 0 Å². The van der Waals surface area contributed by atoms with Crippen molar-refractivity contribution >= 4 is 35.8 Å². The number of nitrogens with one attached hydrogen (secondary N) is 1. The van der Waals surface area contributed by atoms with Crippen LogP contribution in [0.15, 0.2) is 29.3 Å². The lowest BCUT2D eigenvalue weighted by Gasteiger charge is -2.34. The highest BCUT2D eigenvalue weighted by Gasteiger charge is 2.23. The number of nitrogens with zero attached hydrogens (tertiary/aromatic N) is 2. The maximum atomic E-state index is 12.9. The van der Waals surface area contributed by atoms with Crippen molar-refractivity contribution in [3.05, 3.63) is 30.1 Å². The second-order valence-electron chi connectivity index (χ2n) is 6.87. The van der Waals surface area contributed by atoms with Crippen molar-refractivity contribution in [1.29, 1.82) is 0 Å². The summed E-state index contributed by atoms with van der Waals surface area (Å²) >= 11 is 0. The fourth-order valence-electron chi connectivity index (χ4n) is 3.25. The minimum atomic E-state index is -0.261. The van der Waals surface area contributed by atoms with Gasteiger partial charge in [-0.15, -0.1) is 24.0 Å². The summed E-state index contributed by atoms with van der Waals surface area (Å²) in [6.07, 6.45) is 4.32. The van der Waals surface area contributed by atoms with E-state index in [0.29, 0.717) is 31.2 Å². The summed E-state index contributed by atoms with van der Waals surface area (Å²) in [6.45, 7) is 5.94. The lowest BCUT2D eigenvalue weighted by molar-refractivity contribution is -0.119. The molecular weight excluding hydrogens is 474 g/mol. The van der Waals surface area contributed by atoms with Crippen LogP contribution in [-0.2, 0) is 4.79 Å². The van der Waals surface area contributed by atoms with Crippen molar-refractivity contribution in [1.82, 2.24) is 10.2 Å². The van der Waals surface area contributed by atoms with Gasteiger partial charge in [0.05, 0.1) is 6.61 Å². The van der Waals surface area contributed by atoms with Crippen molar-refractivity contribution < 1.29 is 13.9 Å². The Kier molecular flexibility index (Phi) is 11.9. The molecular formula is C20H32FIN4O2. The van der Waals surface area contributed by atoms with Crippen LogP contribution in [0.5, 0.6) is 5.75 Å². The second kappa shape index (κ2) is 13.6. The molecule has 1 aliphatic heterocycles. The third-order valence-corrected chi connectivity index (χ3v) is 4.54. The van der Waals surface area contributed by atoms with Crippen molar-refractivity contribution in [2.24, 2.45) is 16.6 Å². The summed E-state index contributed by atoms with van der Waals surface area (Å²) in [5.41, 5.74) is 5.35. The number of ether oxygens (including phenoxy) is 1. The zero-order chi connectivity index (χ0) is 19.5. The van der Waals surface area contributed by atoms with Gasteiger partial charge in [0.2, 0.25) is 5.91 Å². The van der Waals surface area contributed by atoms with Crippen LogP contribution in [0.4, 0.5) is 4.39 Å². The van der Waals surface area contributed by atoms with Gasteiger partial charge in [-0.05, 0) is 62.8 Å². The van der Waals surface area contributed by atoms with E-state index in [1.54, 1.807) is 12.1 Å². The Balaban J connectivity index is 0.00000392. The topological polar surface area (TPSA) is 80.0 Å². The van der Waals surface area contributed by atoms with Gasteiger partial charge in [0, 0.05) is 32.6 Å². The molecule has 1 heterocycles. The number of aliphatic imine (C=N–C) groups is 1. The number of hydrogen-bond acceptors (Lipinski definition) is 3. The second-order valence-corrected chi connectivity index (χ2v) is 6.87. The van der Waals surface area contributed by atoms with Crippen molar-refractivity contribution in [3.63, 3.8) is 0 Å². The molecule has 1 unspecified atom stereocenters. The minimum absolute atomic E-state index is 0. The highest BCUT2D eigenvalue weighted by Crippen LogP contribution is 2.19. The van der Waals surface area contributed by atoms with Crippen molar-refractivity contribution in [2.45, 2.75) is 39.0 Å². The van der Waals surface area contributed by atoms with Gasteiger partial charge in [-0.1, -0.05) is 0 Å². The predicted molar refractivity (Wildman–Crippen MR) is 121 cm³/mol. The monoisotopic (exact) mass is 506 g/mol. The number of guanidine groups is 1. The van der Waals surface area contributed by atoms with E-state index in [-0.39, 0.29) is 35.7 Å². The minimum Gasteiger partial charge on any atom is -0.494 e. The lowest BCUT2D eigenvalue weighted by atomic mass is 9.95. The Morgan fingerprint density at radius 3 is 2.79 bits per heavy atom. The molecule has 1 amide bonds. The zero-order valence-corrected chi connectivity index (χ0v) is 18.9. The maximum absolute atomic E-state index is 12.9. The number of rotatable bonds is 9. The summed E-state index contributed by atoms with van der Waals surface area (Å²) in [6, 6.07) is 6.06. The summed E-state index contributed by atoms with van der Waals surface area (Å²) in [5.74, 6) is 1.41. The molecule has 1 saturated heterocycles. The normalized spacial score (nSPS) is 17.0. The molecule has 0 bridgehead atoms. The Hall–Kier alpha value is -1.58. The number of carbonyl (C=O) groups is 1. The van der Waals surface area contributed by atoms with E-state index < -0.39 is 0 Å². The number of carbonyl (C=O) groups excluding carboxylic acids is 1. The van der Waals surface area contributed by atoms with Crippen LogP contribution in [0.1, 0.15) is 39.0 Å². The molecule has 6 nitrogen and oxygen atoms in total. The van der Waals surface area contributed by atoms with Crippen LogP contribution < -0.4 is 15.8 Å². The van der Waals surface area contributed by atoms with E-state index in [1.807, 2.05) is 0 Å². The van der Waals surface area contributed by atoms with E-state index in [0.717, 1.165) is 51.3 Å². The zero-order valence-electron chi connectivity index (χ0n) is 16.5. The van der Waals surface area contributed by atoms with Crippen LogP contribution >= 0.6 is 24.0 Å².